The Bertz CT molecular complexity index is 858. The van der Waals surface area contributed by atoms with Gasteiger partial charge < -0.3 is 9.47 Å². The third-order valence-electron chi connectivity index (χ3n) is 3.74. The molecule has 0 atom stereocenters. The Morgan fingerprint density at radius 1 is 1.00 bits per heavy atom. The van der Waals surface area contributed by atoms with E-state index in [2.05, 4.69) is 40.6 Å². The Balaban J connectivity index is 1.78. The first kappa shape index (κ1) is 22.0. The van der Waals surface area contributed by atoms with Crippen LogP contribution in [0.1, 0.15) is 30.9 Å². The molecule has 0 fully saturated rings. The van der Waals surface area contributed by atoms with E-state index in [-0.39, 0.29) is 19.1 Å². The zero-order valence-electron chi connectivity index (χ0n) is 15.8. The highest BCUT2D eigenvalue weighted by molar-refractivity contribution is 9.10. The Morgan fingerprint density at radius 3 is 2.18 bits per heavy atom. The molecule has 6 nitrogen and oxygen atoms in total. The van der Waals surface area contributed by atoms with Crippen molar-refractivity contribution in [1.82, 2.24) is 10.9 Å². The van der Waals surface area contributed by atoms with Crippen LogP contribution in [0, 0.1) is 6.92 Å². The third-order valence-corrected chi connectivity index (χ3v) is 4.60. The summed E-state index contributed by atoms with van der Waals surface area (Å²) in [6.45, 7) is 5.58. The maximum absolute atomic E-state index is 11.9. The van der Waals surface area contributed by atoms with Crippen LogP contribution in [0.2, 0.25) is 5.02 Å². The summed E-state index contributed by atoms with van der Waals surface area (Å²) in [5.74, 6) is 0.413. The summed E-state index contributed by atoms with van der Waals surface area (Å²) in [4.78, 5) is 23.8. The molecule has 0 bridgehead atoms. The van der Waals surface area contributed by atoms with Crippen LogP contribution in [0.3, 0.4) is 0 Å². The van der Waals surface area contributed by atoms with E-state index in [0.29, 0.717) is 21.0 Å². The van der Waals surface area contributed by atoms with Crippen molar-refractivity contribution in [3.8, 4) is 11.5 Å². The number of nitrogens with one attached hydrogen (secondary N) is 2. The number of hydrogen-bond acceptors (Lipinski definition) is 4. The van der Waals surface area contributed by atoms with Crippen molar-refractivity contribution < 1.29 is 19.1 Å². The van der Waals surface area contributed by atoms with Crippen molar-refractivity contribution in [2.45, 2.75) is 26.7 Å². The number of carbonyl (C=O) groups is 2. The number of hydrazine groups is 1. The molecule has 0 radical (unpaired) electrons. The van der Waals surface area contributed by atoms with E-state index in [1.54, 1.807) is 18.2 Å². The number of halogens is 2. The molecule has 0 aliphatic rings. The Kier molecular flexibility index (Phi) is 8.14. The zero-order chi connectivity index (χ0) is 20.7. The number of aryl methyl sites for hydroxylation is 1. The van der Waals surface area contributed by atoms with Crippen molar-refractivity contribution in [3.63, 3.8) is 0 Å². The fourth-order valence-corrected chi connectivity index (χ4v) is 3.13. The van der Waals surface area contributed by atoms with E-state index >= 15 is 0 Å². The van der Waals surface area contributed by atoms with Crippen LogP contribution in [-0.4, -0.2) is 25.0 Å². The molecule has 2 aromatic rings. The van der Waals surface area contributed by atoms with E-state index in [9.17, 15) is 9.59 Å². The average molecular weight is 470 g/mol. The van der Waals surface area contributed by atoms with Gasteiger partial charge in [0.15, 0.2) is 13.2 Å². The van der Waals surface area contributed by atoms with Gasteiger partial charge in [0.2, 0.25) is 0 Å². The molecular formula is C20H22BrClN2O4. The summed E-state index contributed by atoms with van der Waals surface area (Å²) in [6, 6.07) is 10.8. The van der Waals surface area contributed by atoms with Gasteiger partial charge in [0.1, 0.15) is 11.5 Å². The molecule has 2 N–H and O–H groups in total. The summed E-state index contributed by atoms with van der Waals surface area (Å²) >= 11 is 9.15. The zero-order valence-corrected chi connectivity index (χ0v) is 18.2. The summed E-state index contributed by atoms with van der Waals surface area (Å²) < 4.78 is 11.6. The fourth-order valence-electron chi connectivity index (χ4n) is 2.33. The summed E-state index contributed by atoms with van der Waals surface area (Å²) in [6.07, 6.45) is 0. The lowest BCUT2D eigenvalue weighted by molar-refractivity contribution is -0.131. The average Bonchev–Trinajstić information content (AvgIpc) is 2.63. The lowest BCUT2D eigenvalue weighted by Gasteiger charge is -2.15. The molecule has 0 aromatic heterocycles. The molecule has 8 heteroatoms. The van der Waals surface area contributed by atoms with E-state index in [1.165, 1.54) is 0 Å². The number of benzene rings is 2. The first-order valence-corrected chi connectivity index (χ1v) is 9.82. The summed E-state index contributed by atoms with van der Waals surface area (Å²) in [5, 5.41) is 0.546. The molecule has 0 saturated carbocycles. The molecule has 0 spiro atoms. The molecule has 2 rings (SSSR count). The highest BCUT2D eigenvalue weighted by Crippen LogP contribution is 2.28. The maximum atomic E-state index is 11.9. The van der Waals surface area contributed by atoms with Gasteiger partial charge in [-0.1, -0.05) is 37.6 Å². The topological polar surface area (TPSA) is 76.7 Å². The highest BCUT2D eigenvalue weighted by atomic mass is 79.9. The van der Waals surface area contributed by atoms with Gasteiger partial charge in [-0.2, -0.15) is 0 Å². The highest BCUT2D eigenvalue weighted by Gasteiger charge is 2.11. The van der Waals surface area contributed by atoms with E-state index < -0.39 is 11.8 Å². The monoisotopic (exact) mass is 468 g/mol. The lowest BCUT2D eigenvalue weighted by Crippen LogP contribution is -2.45. The first-order valence-electron chi connectivity index (χ1n) is 8.65. The first-order chi connectivity index (χ1) is 13.3. The minimum Gasteiger partial charge on any atom is -0.483 e. The van der Waals surface area contributed by atoms with Crippen LogP contribution >= 0.6 is 27.5 Å². The maximum Gasteiger partial charge on any atom is 0.276 e. The minimum atomic E-state index is -0.506. The van der Waals surface area contributed by atoms with Crippen LogP contribution in [0.15, 0.2) is 40.9 Å². The molecule has 150 valence electrons. The van der Waals surface area contributed by atoms with Gasteiger partial charge in [-0.3, -0.25) is 20.4 Å². The Morgan fingerprint density at radius 2 is 1.61 bits per heavy atom. The molecule has 0 unspecified atom stereocenters. The van der Waals surface area contributed by atoms with Gasteiger partial charge in [0, 0.05) is 5.02 Å². The standard InChI is InChI=1S/C20H22BrClN2O4/c1-12(2)15-6-4-13(3)8-18(15)28-11-20(26)24-23-19(25)10-27-17-7-5-14(22)9-16(17)21/h4-9,12H,10-11H2,1-3H3,(H,23,25)(H,24,26). The fraction of sp³-hybridized carbons (Fsp3) is 0.300. The predicted octanol–water partition coefficient (Wildman–Crippen LogP) is 4.14. The van der Waals surface area contributed by atoms with Gasteiger partial charge in [-0.15, -0.1) is 0 Å². The largest absolute Gasteiger partial charge is 0.483 e. The molecule has 0 aliphatic carbocycles. The summed E-state index contributed by atoms with van der Waals surface area (Å²) in [7, 11) is 0. The molecular weight excluding hydrogens is 448 g/mol. The Hall–Kier alpha value is -2.25. The van der Waals surface area contributed by atoms with Gasteiger partial charge in [0.05, 0.1) is 4.47 Å². The Labute approximate surface area is 177 Å². The quantitative estimate of drug-likeness (QED) is 0.598. The van der Waals surface area contributed by atoms with E-state index in [0.717, 1.165) is 11.1 Å². The summed E-state index contributed by atoms with van der Waals surface area (Å²) in [5.41, 5.74) is 6.64. The van der Waals surface area contributed by atoms with Gasteiger partial charge in [-0.05, 0) is 64.2 Å². The third kappa shape index (κ3) is 6.73. The van der Waals surface area contributed by atoms with Crippen LogP contribution in [0.25, 0.3) is 0 Å². The van der Waals surface area contributed by atoms with Crippen molar-refractivity contribution in [2.24, 2.45) is 0 Å². The van der Waals surface area contributed by atoms with E-state index in [4.69, 9.17) is 21.1 Å². The van der Waals surface area contributed by atoms with Crippen molar-refractivity contribution >= 4 is 39.3 Å². The molecule has 0 aliphatic heterocycles. The molecule has 0 saturated heterocycles. The van der Waals surface area contributed by atoms with Crippen molar-refractivity contribution in [1.29, 1.82) is 0 Å². The number of ether oxygens (including phenoxy) is 2. The van der Waals surface area contributed by atoms with Gasteiger partial charge in [-0.25, -0.2) is 0 Å². The van der Waals surface area contributed by atoms with Crippen LogP contribution in [0.5, 0.6) is 11.5 Å². The van der Waals surface area contributed by atoms with Crippen LogP contribution in [-0.2, 0) is 9.59 Å². The second kappa shape index (κ2) is 10.3. The number of rotatable bonds is 7. The number of carbonyl (C=O) groups excluding carboxylic acids is 2. The second-order valence-electron chi connectivity index (χ2n) is 6.44. The van der Waals surface area contributed by atoms with E-state index in [1.807, 2.05) is 25.1 Å². The smallest absolute Gasteiger partial charge is 0.276 e. The number of hydrogen-bond donors (Lipinski definition) is 2. The predicted molar refractivity (Wildman–Crippen MR) is 112 cm³/mol. The molecule has 2 amide bonds. The lowest BCUT2D eigenvalue weighted by atomic mass is 10.0. The van der Waals surface area contributed by atoms with Crippen molar-refractivity contribution in [3.05, 3.63) is 57.0 Å². The molecule has 28 heavy (non-hydrogen) atoms. The van der Waals surface area contributed by atoms with Crippen LogP contribution in [0.4, 0.5) is 0 Å². The van der Waals surface area contributed by atoms with Gasteiger partial charge >= 0.3 is 0 Å². The van der Waals surface area contributed by atoms with Crippen molar-refractivity contribution in [2.75, 3.05) is 13.2 Å². The van der Waals surface area contributed by atoms with Gasteiger partial charge in [0.25, 0.3) is 11.8 Å². The molecule has 2 aromatic carbocycles. The number of amides is 2. The normalized spacial score (nSPS) is 10.5. The minimum absolute atomic E-state index is 0.215. The SMILES string of the molecule is Cc1ccc(C(C)C)c(OCC(=O)NNC(=O)COc2ccc(Cl)cc2Br)c1. The van der Waals surface area contributed by atoms with Crippen LogP contribution < -0.4 is 20.3 Å². The molecule has 0 heterocycles. The second-order valence-corrected chi connectivity index (χ2v) is 7.74.